The maximum absolute atomic E-state index is 11.5. The van der Waals surface area contributed by atoms with Gasteiger partial charge in [0.2, 0.25) is 0 Å². The zero-order valence-electron chi connectivity index (χ0n) is 15.4. The molecule has 0 aliphatic rings. The van der Waals surface area contributed by atoms with Gasteiger partial charge in [0, 0.05) is 34.9 Å². The molecule has 0 saturated carbocycles. The van der Waals surface area contributed by atoms with Crippen LogP contribution in [0.4, 0.5) is 5.69 Å². The number of fused-ring (bicyclic) bond motifs is 3. The van der Waals surface area contributed by atoms with Crippen molar-refractivity contribution in [1.82, 2.24) is 4.57 Å². The number of anilines is 1. The summed E-state index contributed by atoms with van der Waals surface area (Å²) in [6, 6.07) is 22.3. The standard InChI is InChI=1S/C23H23N3O/c1-2-25-22-11-7-6-10-20(22)21-15-17(16-27)14-18(23(21)25)12-13-26(24)19-8-4-3-5-9-19/h3-11,14-16H,2,12-13,24H2,1H3. The minimum atomic E-state index is 0.673. The number of hydrogen-bond acceptors (Lipinski definition) is 3. The quantitative estimate of drug-likeness (QED) is 0.313. The van der Waals surface area contributed by atoms with E-state index in [0.717, 1.165) is 35.9 Å². The number of rotatable bonds is 6. The van der Waals surface area contributed by atoms with Crippen molar-refractivity contribution in [3.05, 3.63) is 77.9 Å². The molecule has 0 aliphatic heterocycles. The smallest absolute Gasteiger partial charge is 0.150 e. The van der Waals surface area contributed by atoms with Crippen LogP contribution in [0.15, 0.2) is 66.7 Å². The van der Waals surface area contributed by atoms with E-state index in [1.807, 2.05) is 48.5 Å². The van der Waals surface area contributed by atoms with Gasteiger partial charge in [-0.3, -0.25) is 4.79 Å². The molecule has 0 bridgehead atoms. The molecule has 1 aromatic heterocycles. The van der Waals surface area contributed by atoms with E-state index in [0.29, 0.717) is 12.1 Å². The zero-order chi connectivity index (χ0) is 18.8. The monoisotopic (exact) mass is 357 g/mol. The highest BCUT2D eigenvalue weighted by Crippen LogP contribution is 2.32. The Morgan fingerprint density at radius 3 is 2.48 bits per heavy atom. The Kier molecular flexibility index (Phi) is 4.65. The first-order valence-corrected chi connectivity index (χ1v) is 9.29. The van der Waals surface area contributed by atoms with E-state index in [1.165, 1.54) is 16.4 Å². The average molecular weight is 357 g/mol. The van der Waals surface area contributed by atoms with E-state index in [-0.39, 0.29) is 0 Å². The van der Waals surface area contributed by atoms with Crippen LogP contribution in [0.25, 0.3) is 21.8 Å². The van der Waals surface area contributed by atoms with Gasteiger partial charge in [0.15, 0.2) is 0 Å². The van der Waals surface area contributed by atoms with Crippen LogP contribution in [0.2, 0.25) is 0 Å². The number of carbonyl (C=O) groups excluding carboxylic acids is 1. The second-order valence-corrected chi connectivity index (χ2v) is 6.73. The summed E-state index contributed by atoms with van der Waals surface area (Å²) in [5.74, 6) is 6.26. The molecule has 0 atom stereocenters. The molecule has 3 aromatic carbocycles. The Hall–Kier alpha value is -3.11. The molecule has 4 aromatic rings. The van der Waals surface area contributed by atoms with Crippen molar-refractivity contribution in [2.24, 2.45) is 5.84 Å². The second-order valence-electron chi connectivity index (χ2n) is 6.73. The third-order valence-corrected chi connectivity index (χ3v) is 5.13. The van der Waals surface area contributed by atoms with Crippen LogP contribution in [-0.2, 0) is 13.0 Å². The van der Waals surface area contributed by atoms with E-state index >= 15 is 0 Å². The van der Waals surface area contributed by atoms with Gasteiger partial charge in [-0.1, -0.05) is 36.4 Å². The highest BCUT2D eigenvalue weighted by Gasteiger charge is 2.15. The van der Waals surface area contributed by atoms with E-state index in [2.05, 4.69) is 29.7 Å². The van der Waals surface area contributed by atoms with Gasteiger partial charge < -0.3 is 9.58 Å². The molecule has 0 unspecified atom stereocenters. The molecular formula is C23H23N3O. The molecule has 0 amide bonds. The van der Waals surface area contributed by atoms with E-state index in [4.69, 9.17) is 5.84 Å². The number of carbonyl (C=O) groups is 1. The van der Waals surface area contributed by atoms with Gasteiger partial charge in [-0.25, -0.2) is 5.84 Å². The molecule has 4 heteroatoms. The highest BCUT2D eigenvalue weighted by atomic mass is 16.1. The normalized spacial score (nSPS) is 11.2. The lowest BCUT2D eigenvalue weighted by atomic mass is 10.0. The number of hydrogen-bond donors (Lipinski definition) is 1. The summed E-state index contributed by atoms with van der Waals surface area (Å²) in [7, 11) is 0. The van der Waals surface area contributed by atoms with E-state index in [1.54, 1.807) is 5.01 Å². The van der Waals surface area contributed by atoms with Crippen molar-refractivity contribution in [3.63, 3.8) is 0 Å². The molecule has 0 saturated heterocycles. The number of aromatic nitrogens is 1. The van der Waals surface area contributed by atoms with Gasteiger partial charge >= 0.3 is 0 Å². The lowest BCUT2D eigenvalue weighted by molar-refractivity contribution is 0.112. The van der Waals surface area contributed by atoms with Crippen LogP contribution in [0.5, 0.6) is 0 Å². The van der Waals surface area contributed by atoms with Gasteiger partial charge in [-0.05, 0) is 49.2 Å². The number of aldehydes is 1. The first-order valence-electron chi connectivity index (χ1n) is 9.29. The fourth-order valence-electron chi connectivity index (χ4n) is 3.88. The third kappa shape index (κ3) is 3.09. The molecule has 2 N–H and O–H groups in total. The second kappa shape index (κ2) is 7.25. The van der Waals surface area contributed by atoms with E-state index in [9.17, 15) is 4.79 Å². The van der Waals surface area contributed by atoms with Gasteiger partial charge in [0.25, 0.3) is 0 Å². The fourth-order valence-corrected chi connectivity index (χ4v) is 3.88. The van der Waals surface area contributed by atoms with Crippen molar-refractivity contribution in [3.8, 4) is 0 Å². The fraction of sp³-hybridized carbons (Fsp3) is 0.174. The van der Waals surface area contributed by atoms with Crippen LogP contribution >= 0.6 is 0 Å². The lowest BCUT2D eigenvalue weighted by Crippen LogP contribution is -2.32. The minimum Gasteiger partial charge on any atom is -0.341 e. The third-order valence-electron chi connectivity index (χ3n) is 5.13. The number of benzene rings is 3. The SMILES string of the molecule is CCn1c2ccccc2c2cc(C=O)cc(CCN(N)c3ccccc3)c21. The lowest BCUT2D eigenvalue weighted by Gasteiger charge is -2.19. The Labute approximate surface area is 158 Å². The van der Waals surface area contributed by atoms with Crippen molar-refractivity contribution < 1.29 is 4.79 Å². The molecule has 4 rings (SSSR count). The minimum absolute atomic E-state index is 0.673. The Morgan fingerprint density at radius 1 is 1.00 bits per heavy atom. The van der Waals surface area contributed by atoms with Gasteiger partial charge in [-0.15, -0.1) is 0 Å². The average Bonchev–Trinajstić information content (AvgIpc) is 3.06. The predicted octanol–water partition coefficient (Wildman–Crippen LogP) is 4.55. The maximum Gasteiger partial charge on any atom is 0.150 e. The molecule has 0 aliphatic carbocycles. The first-order chi connectivity index (χ1) is 13.2. The van der Waals surface area contributed by atoms with Crippen molar-refractivity contribution in [1.29, 1.82) is 0 Å². The van der Waals surface area contributed by atoms with Gasteiger partial charge in [0.05, 0.1) is 11.2 Å². The molecule has 0 radical (unpaired) electrons. The van der Waals surface area contributed by atoms with Crippen LogP contribution in [0, 0.1) is 0 Å². The molecule has 0 spiro atoms. The number of nitrogens with two attached hydrogens (primary N) is 1. The Bertz CT molecular complexity index is 1100. The largest absolute Gasteiger partial charge is 0.341 e. The summed E-state index contributed by atoms with van der Waals surface area (Å²) in [6.45, 7) is 3.71. The summed E-state index contributed by atoms with van der Waals surface area (Å²) in [4.78, 5) is 11.5. The number of para-hydroxylation sites is 2. The summed E-state index contributed by atoms with van der Waals surface area (Å²) in [5, 5.41) is 4.08. The molecule has 4 nitrogen and oxygen atoms in total. The summed E-state index contributed by atoms with van der Waals surface area (Å²) in [6.07, 6.45) is 1.69. The predicted molar refractivity (Wildman–Crippen MR) is 112 cm³/mol. The number of nitrogens with zero attached hydrogens (tertiary/aromatic N) is 2. The zero-order valence-corrected chi connectivity index (χ0v) is 15.4. The molecule has 0 fully saturated rings. The van der Waals surface area contributed by atoms with Gasteiger partial charge in [0.1, 0.15) is 6.29 Å². The number of aryl methyl sites for hydroxylation is 1. The number of hydrazine groups is 1. The van der Waals surface area contributed by atoms with Crippen molar-refractivity contribution in [2.75, 3.05) is 11.6 Å². The first kappa shape index (κ1) is 17.3. The summed E-state index contributed by atoms with van der Waals surface area (Å²) < 4.78 is 2.33. The topological polar surface area (TPSA) is 51.3 Å². The van der Waals surface area contributed by atoms with Crippen molar-refractivity contribution >= 4 is 33.8 Å². The van der Waals surface area contributed by atoms with Crippen LogP contribution in [0.3, 0.4) is 0 Å². The summed E-state index contributed by atoms with van der Waals surface area (Å²) in [5.41, 5.74) is 5.24. The molecule has 1 heterocycles. The summed E-state index contributed by atoms with van der Waals surface area (Å²) >= 11 is 0. The Balaban J connectivity index is 1.80. The highest BCUT2D eigenvalue weighted by molar-refractivity contribution is 6.10. The van der Waals surface area contributed by atoms with Crippen LogP contribution in [0.1, 0.15) is 22.8 Å². The molecule has 27 heavy (non-hydrogen) atoms. The molecular weight excluding hydrogens is 334 g/mol. The van der Waals surface area contributed by atoms with E-state index < -0.39 is 0 Å². The van der Waals surface area contributed by atoms with Crippen LogP contribution in [-0.4, -0.2) is 17.4 Å². The van der Waals surface area contributed by atoms with Crippen LogP contribution < -0.4 is 10.9 Å². The Morgan fingerprint density at radius 2 is 1.74 bits per heavy atom. The van der Waals surface area contributed by atoms with Crippen molar-refractivity contribution in [2.45, 2.75) is 19.9 Å². The van der Waals surface area contributed by atoms with Gasteiger partial charge in [-0.2, -0.15) is 0 Å². The molecule has 136 valence electrons. The maximum atomic E-state index is 11.5.